The third-order valence-electron chi connectivity index (χ3n) is 1.83. The average molecular weight is 347 g/mol. The molecule has 0 atom stereocenters. The Morgan fingerprint density at radius 1 is 1.38 bits per heavy atom. The molecule has 2 heterocycles. The number of carboxylic acids is 1. The maximum atomic E-state index is 10.7. The summed E-state index contributed by atoms with van der Waals surface area (Å²) in [7, 11) is 0. The van der Waals surface area contributed by atoms with Gasteiger partial charge in [0, 0.05) is 16.9 Å². The summed E-state index contributed by atoms with van der Waals surface area (Å²) >= 11 is 6.63. The summed E-state index contributed by atoms with van der Waals surface area (Å²) in [5.41, 5.74) is -0.0170. The highest BCUT2D eigenvalue weighted by Gasteiger charge is 2.10. The summed E-state index contributed by atoms with van der Waals surface area (Å²) in [6.07, 6.45) is 4.44. The molecule has 0 fully saturated rings. The van der Waals surface area contributed by atoms with Crippen molar-refractivity contribution in [1.29, 1.82) is 0 Å². The summed E-state index contributed by atoms with van der Waals surface area (Å²) in [4.78, 5) is 18.6. The Labute approximate surface area is 107 Å². The molecule has 0 spiro atoms. The van der Waals surface area contributed by atoms with E-state index in [9.17, 15) is 4.79 Å². The molecule has 2 rings (SSSR count). The van der Waals surface area contributed by atoms with E-state index in [0.29, 0.717) is 5.82 Å². The molecule has 0 aliphatic rings. The van der Waals surface area contributed by atoms with Crippen LogP contribution < -0.4 is 0 Å². The van der Waals surface area contributed by atoms with Crippen molar-refractivity contribution in [2.45, 2.75) is 0 Å². The van der Waals surface area contributed by atoms with Gasteiger partial charge in [-0.3, -0.25) is 4.57 Å². The lowest BCUT2D eigenvalue weighted by Gasteiger charge is -2.03. The van der Waals surface area contributed by atoms with E-state index < -0.39 is 5.97 Å². The van der Waals surface area contributed by atoms with E-state index in [1.165, 1.54) is 12.5 Å². The summed E-state index contributed by atoms with van der Waals surface area (Å²) in [6, 6.07) is 1.82. The van der Waals surface area contributed by atoms with Gasteiger partial charge >= 0.3 is 5.97 Å². The summed E-state index contributed by atoms with van der Waals surface area (Å²) < 4.78 is 3.12. The Bertz CT molecular complexity index is 553. The molecule has 82 valence electrons. The van der Waals surface area contributed by atoms with Crippen molar-refractivity contribution >= 4 is 37.8 Å². The minimum atomic E-state index is -1.06. The quantitative estimate of drug-likeness (QED) is 0.907. The maximum absolute atomic E-state index is 10.7. The van der Waals surface area contributed by atoms with Crippen LogP contribution in [0.1, 0.15) is 10.5 Å². The van der Waals surface area contributed by atoms with Gasteiger partial charge in [-0.25, -0.2) is 14.8 Å². The van der Waals surface area contributed by atoms with Crippen molar-refractivity contribution in [2.75, 3.05) is 0 Å². The molecule has 0 aliphatic heterocycles. The second-order valence-corrected chi connectivity index (χ2v) is 4.70. The lowest BCUT2D eigenvalue weighted by atomic mass is 10.4. The number of imidazole rings is 1. The molecule has 0 saturated heterocycles. The molecule has 0 amide bonds. The Hall–Kier alpha value is -1.21. The number of pyridine rings is 1. The van der Waals surface area contributed by atoms with Gasteiger partial charge in [0.1, 0.15) is 6.33 Å². The maximum Gasteiger partial charge on any atom is 0.356 e. The Morgan fingerprint density at radius 2 is 2.12 bits per heavy atom. The van der Waals surface area contributed by atoms with Gasteiger partial charge in [-0.1, -0.05) is 0 Å². The largest absolute Gasteiger partial charge is 0.476 e. The molecule has 0 saturated carbocycles. The van der Waals surface area contributed by atoms with E-state index in [1.807, 2.05) is 6.07 Å². The molecule has 5 nitrogen and oxygen atoms in total. The van der Waals surface area contributed by atoms with Gasteiger partial charge in [0.15, 0.2) is 11.5 Å². The topological polar surface area (TPSA) is 68.0 Å². The van der Waals surface area contributed by atoms with Crippen LogP contribution in [0.25, 0.3) is 5.82 Å². The number of rotatable bonds is 2. The van der Waals surface area contributed by atoms with Crippen molar-refractivity contribution < 1.29 is 9.90 Å². The number of carbonyl (C=O) groups is 1. The van der Waals surface area contributed by atoms with Crippen LogP contribution >= 0.6 is 31.9 Å². The first-order valence-corrected chi connectivity index (χ1v) is 5.75. The van der Waals surface area contributed by atoms with Crippen LogP contribution in [-0.2, 0) is 0 Å². The fourth-order valence-electron chi connectivity index (χ4n) is 1.15. The fourth-order valence-corrected chi connectivity index (χ4v) is 2.34. The zero-order chi connectivity index (χ0) is 11.7. The molecule has 0 aliphatic carbocycles. The Kier molecular flexibility index (Phi) is 3.06. The lowest BCUT2D eigenvalue weighted by molar-refractivity contribution is 0.0691. The van der Waals surface area contributed by atoms with Gasteiger partial charge in [-0.05, 0) is 37.9 Å². The minimum Gasteiger partial charge on any atom is -0.476 e. The number of hydrogen-bond donors (Lipinski definition) is 1. The number of nitrogens with zero attached hydrogens (tertiary/aromatic N) is 3. The zero-order valence-electron chi connectivity index (χ0n) is 7.76. The second kappa shape index (κ2) is 4.34. The Morgan fingerprint density at radius 3 is 2.69 bits per heavy atom. The van der Waals surface area contributed by atoms with Crippen molar-refractivity contribution in [3.63, 3.8) is 0 Å². The van der Waals surface area contributed by atoms with Gasteiger partial charge in [0.25, 0.3) is 0 Å². The normalized spacial score (nSPS) is 10.4. The highest BCUT2D eigenvalue weighted by molar-refractivity contribution is 9.11. The molecule has 1 N–H and O–H groups in total. The second-order valence-electron chi connectivity index (χ2n) is 2.93. The minimum absolute atomic E-state index is 0.0170. The fraction of sp³-hybridized carbons (Fsp3) is 0. The predicted octanol–water partition coefficient (Wildman–Crippen LogP) is 2.49. The molecule has 0 bridgehead atoms. The van der Waals surface area contributed by atoms with Crippen molar-refractivity contribution in [2.24, 2.45) is 0 Å². The first-order valence-electron chi connectivity index (χ1n) is 4.16. The number of hydrogen-bond acceptors (Lipinski definition) is 3. The first kappa shape index (κ1) is 11.3. The number of aromatic carboxylic acids is 1. The van der Waals surface area contributed by atoms with Crippen LogP contribution in [0.4, 0.5) is 0 Å². The summed E-state index contributed by atoms with van der Waals surface area (Å²) in [6.45, 7) is 0. The van der Waals surface area contributed by atoms with Gasteiger partial charge in [-0.15, -0.1) is 0 Å². The summed E-state index contributed by atoms with van der Waals surface area (Å²) in [5, 5.41) is 8.74. The first-order chi connectivity index (χ1) is 7.58. The summed E-state index contributed by atoms with van der Waals surface area (Å²) in [5.74, 6) is -0.477. The van der Waals surface area contributed by atoms with Crippen molar-refractivity contribution in [3.8, 4) is 5.82 Å². The number of aromatic nitrogens is 3. The monoisotopic (exact) mass is 345 g/mol. The highest BCUT2D eigenvalue weighted by atomic mass is 79.9. The predicted molar refractivity (Wildman–Crippen MR) is 63.7 cm³/mol. The van der Waals surface area contributed by atoms with E-state index >= 15 is 0 Å². The molecular weight excluding hydrogens is 342 g/mol. The van der Waals surface area contributed by atoms with Crippen molar-refractivity contribution in [1.82, 2.24) is 14.5 Å². The lowest BCUT2D eigenvalue weighted by Crippen LogP contribution is -1.97. The smallest absolute Gasteiger partial charge is 0.356 e. The van der Waals surface area contributed by atoms with E-state index in [-0.39, 0.29) is 5.69 Å². The standard InChI is InChI=1S/C9H5Br2N3O2/c10-5-1-6(11)8(12-2-5)14-3-7(9(15)16)13-4-14/h1-4H,(H,15,16). The van der Waals surface area contributed by atoms with Crippen LogP contribution in [-0.4, -0.2) is 25.6 Å². The van der Waals surface area contributed by atoms with Crippen molar-refractivity contribution in [3.05, 3.63) is 39.4 Å². The van der Waals surface area contributed by atoms with E-state index in [0.717, 1.165) is 8.95 Å². The van der Waals surface area contributed by atoms with Crippen LogP contribution in [0, 0.1) is 0 Å². The number of halogens is 2. The van der Waals surface area contributed by atoms with Gasteiger partial charge in [0.05, 0.1) is 4.47 Å². The molecule has 2 aromatic rings. The third-order valence-corrected chi connectivity index (χ3v) is 2.85. The molecule has 7 heteroatoms. The highest BCUT2D eigenvalue weighted by Crippen LogP contribution is 2.22. The molecule has 0 aromatic carbocycles. The van der Waals surface area contributed by atoms with E-state index in [4.69, 9.17) is 5.11 Å². The molecular formula is C9H5Br2N3O2. The van der Waals surface area contributed by atoms with E-state index in [2.05, 4.69) is 41.8 Å². The van der Waals surface area contributed by atoms with Crippen LogP contribution in [0.3, 0.4) is 0 Å². The Balaban J connectivity index is 2.46. The molecule has 2 aromatic heterocycles. The zero-order valence-corrected chi connectivity index (χ0v) is 10.9. The molecule has 0 unspecified atom stereocenters. The molecule has 16 heavy (non-hydrogen) atoms. The SMILES string of the molecule is O=C(O)c1cn(-c2ncc(Br)cc2Br)cn1. The van der Waals surface area contributed by atoms with E-state index in [1.54, 1.807) is 10.8 Å². The number of carboxylic acid groups (broad SMARTS) is 1. The van der Waals surface area contributed by atoms with Gasteiger partial charge < -0.3 is 5.11 Å². The van der Waals surface area contributed by atoms with Crippen LogP contribution in [0.15, 0.2) is 33.7 Å². The average Bonchev–Trinajstić information content (AvgIpc) is 2.66. The van der Waals surface area contributed by atoms with Gasteiger partial charge in [0.2, 0.25) is 0 Å². The molecule has 0 radical (unpaired) electrons. The van der Waals surface area contributed by atoms with Crippen LogP contribution in [0.5, 0.6) is 0 Å². The third kappa shape index (κ3) is 2.14. The van der Waals surface area contributed by atoms with Crippen LogP contribution in [0.2, 0.25) is 0 Å². The van der Waals surface area contributed by atoms with Gasteiger partial charge in [-0.2, -0.15) is 0 Å².